The molecule has 1 rings (SSSR count). The smallest absolute Gasteiger partial charge is 0.378 e. The number of alkyl halides is 3. The second-order valence-electron chi connectivity index (χ2n) is 4.56. The molecule has 0 saturated carbocycles. The molecule has 1 aliphatic heterocycles. The summed E-state index contributed by atoms with van der Waals surface area (Å²) in [5.41, 5.74) is 0. The quantitative estimate of drug-likeness (QED) is 0.742. The molecule has 0 aromatic carbocycles. The van der Waals surface area contributed by atoms with Crippen LogP contribution in [0.3, 0.4) is 0 Å². The number of halogens is 3. The Hall–Kier alpha value is -0.760. The highest BCUT2D eigenvalue weighted by molar-refractivity contribution is 4.85. The Kier molecular flexibility index (Phi) is 5.76. The van der Waals surface area contributed by atoms with E-state index < -0.39 is 12.6 Å². The van der Waals surface area contributed by atoms with Crippen molar-refractivity contribution in [3.8, 4) is 6.07 Å². The van der Waals surface area contributed by atoms with Gasteiger partial charge in [0.05, 0.1) is 12.2 Å². The third kappa shape index (κ3) is 6.52. The van der Waals surface area contributed by atoms with Crippen LogP contribution in [0.4, 0.5) is 13.2 Å². The number of ether oxygens (including phenoxy) is 1. The molecule has 0 amide bonds. The topological polar surface area (TPSA) is 33.0 Å². The van der Waals surface area contributed by atoms with E-state index in [0.29, 0.717) is 19.4 Å². The predicted octanol–water partition coefficient (Wildman–Crippen LogP) is 3.82. The fraction of sp³-hybridized carbons (Fsp3) is 0.917. The van der Waals surface area contributed by atoms with E-state index in [1.54, 1.807) is 0 Å². The van der Waals surface area contributed by atoms with Gasteiger partial charge < -0.3 is 4.74 Å². The largest absolute Gasteiger partial charge is 0.389 e. The van der Waals surface area contributed by atoms with Gasteiger partial charge in [-0.05, 0) is 38.5 Å². The molecule has 0 spiro atoms. The Balaban J connectivity index is 2.21. The molecule has 0 radical (unpaired) electrons. The molecule has 98 valence electrons. The first-order valence-corrected chi connectivity index (χ1v) is 6.09. The Bertz CT molecular complexity index is 253. The third-order valence-corrected chi connectivity index (χ3v) is 3.02. The van der Waals surface area contributed by atoms with Crippen LogP contribution in [0, 0.1) is 17.2 Å². The molecular weight excluding hydrogens is 231 g/mol. The standard InChI is InChI=1S/C12H18F3NO/c13-12(14,15)6-3-4-10(9-16)8-11-5-1-2-7-17-11/h10-11H,1-8H2. The highest BCUT2D eigenvalue weighted by atomic mass is 19.4. The highest BCUT2D eigenvalue weighted by Gasteiger charge is 2.27. The van der Waals surface area contributed by atoms with Gasteiger partial charge in [-0.25, -0.2) is 0 Å². The Morgan fingerprint density at radius 1 is 1.35 bits per heavy atom. The summed E-state index contributed by atoms with van der Waals surface area (Å²) >= 11 is 0. The Labute approximate surface area is 99.8 Å². The normalized spacial score (nSPS) is 23.1. The molecule has 2 unspecified atom stereocenters. The molecule has 0 aliphatic carbocycles. The van der Waals surface area contributed by atoms with Crippen LogP contribution in [-0.4, -0.2) is 18.9 Å². The summed E-state index contributed by atoms with van der Waals surface area (Å²) in [6, 6.07) is 2.09. The van der Waals surface area contributed by atoms with E-state index in [-0.39, 0.29) is 18.4 Å². The Morgan fingerprint density at radius 2 is 2.12 bits per heavy atom. The summed E-state index contributed by atoms with van der Waals surface area (Å²) in [6.07, 6.45) is -0.847. The van der Waals surface area contributed by atoms with Gasteiger partial charge in [0.25, 0.3) is 0 Å². The molecule has 5 heteroatoms. The maximum atomic E-state index is 12.0. The van der Waals surface area contributed by atoms with Crippen molar-refractivity contribution < 1.29 is 17.9 Å². The van der Waals surface area contributed by atoms with Crippen LogP contribution in [0.1, 0.15) is 44.9 Å². The zero-order valence-corrected chi connectivity index (χ0v) is 9.80. The van der Waals surface area contributed by atoms with Crippen LogP contribution < -0.4 is 0 Å². The molecule has 2 atom stereocenters. The minimum absolute atomic E-state index is 0.0362. The lowest BCUT2D eigenvalue weighted by Gasteiger charge is -2.24. The van der Waals surface area contributed by atoms with E-state index in [1.165, 1.54) is 0 Å². The minimum Gasteiger partial charge on any atom is -0.378 e. The molecule has 17 heavy (non-hydrogen) atoms. The van der Waals surface area contributed by atoms with Crippen LogP contribution in [0.25, 0.3) is 0 Å². The summed E-state index contributed by atoms with van der Waals surface area (Å²) in [7, 11) is 0. The molecule has 1 fully saturated rings. The lowest BCUT2D eigenvalue weighted by atomic mass is 9.93. The first-order valence-electron chi connectivity index (χ1n) is 6.09. The minimum atomic E-state index is -4.11. The molecule has 0 aromatic rings. The van der Waals surface area contributed by atoms with Crippen molar-refractivity contribution in [3.05, 3.63) is 0 Å². The van der Waals surface area contributed by atoms with Gasteiger partial charge in [0, 0.05) is 18.9 Å². The molecule has 1 saturated heterocycles. The summed E-state index contributed by atoms with van der Waals surface area (Å²) in [6.45, 7) is 0.714. The molecule has 0 aromatic heterocycles. The number of nitrogens with zero attached hydrogens (tertiary/aromatic N) is 1. The summed E-state index contributed by atoms with van der Waals surface area (Å²) in [4.78, 5) is 0. The van der Waals surface area contributed by atoms with Crippen molar-refractivity contribution in [2.75, 3.05) is 6.61 Å². The number of hydrogen-bond donors (Lipinski definition) is 0. The van der Waals surface area contributed by atoms with Crippen molar-refractivity contribution in [2.24, 2.45) is 5.92 Å². The molecule has 0 N–H and O–H groups in total. The average molecular weight is 249 g/mol. The number of rotatable bonds is 5. The summed E-state index contributed by atoms with van der Waals surface area (Å²) in [5, 5.41) is 8.90. The van der Waals surface area contributed by atoms with Crippen molar-refractivity contribution in [3.63, 3.8) is 0 Å². The molecule has 2 nitrogen and oxygen atoms in total. The van der Waals surface area contributed by atoms with Gasteiger partial charge >= 0.3 is 6.18 Å². The molecule has 1 heterocycles. The number of nitriles is 1. The lowest BCUT2D eigenvalue weighted by molar-refractivity contribution is -0.136. The van der Waals surface area contributed by atoms with Crippen molar-refractivity contribution in [1.82, 2.24) is 0 Å². The van der Waals surface area contributed by atoms with Gasteiger partial charge in [-0.15, -0.1) is 0 Å². The van der Waals surface area contributed by atoms with E-state index in [9.17, 15) is 13.2 Å². The third-order valence-electron chi connectivity index (χ3n) is 3.02. The summed E-state index contributed by atoms with van der Waals surface area (Å²) in [5.74, 6) is -0.305. The van der Waals surface area contributed by atoms with Gasteiger partial charge in [-0.1, -0.05) is 0 Å². The van der Waals surface area contributed by atoms with Crippen molar-refractivity contribution >= 4 is 0 Å². The maximum absolute atomic E-state index is 12.0. The van der Waals surface area contributed by atoms with Crippen molar-refractivity contribution in [2.45, 2.75) is 57.2 Å². The average Bonchev–Trinajstić information content (AvgIpc) is 2.27. The monoisotopic (exact) mass is 249 g/mol. The van der Waals surface area contributed by atoms with Crippen LogP contribution in [0.2, 0.25) is 0 Å². The van der Waals surface area contributed by atoms with Gasteiger partial charge in [-0.2, -0.15) is 18.4 Å². The van der Waals surface area contributed by atoms with Crippen LogP contribution in [0.15, 0.2) is 0 Å². The van der Waals surface area contributed by atoms with E-state index in [4.69, 9.17) is 10.00 Å². The van der Waals surface area contributed by atoms with E-state index >= 15 is 0 Å². The fourth-order valence-corrected chi connectivity index (χ4v) is 2.09. The first-order chi connectivity index (χ1) is 8.01. The second-order valence-corrected chi connectivity index (χ2v) is 4.56. The number of hydrogen-bond acceptors (Lipinski definition) is 2. The summed E-state index contributed by atoms with van der Waals surface area (Å²) < 4.78 is 41.4. The van der Waals surface area contributed by atoms with Gasteiger partial charge in [0.1, 0.15) is 0 Å². The van der Waals surface area contributed by atoms with Crippen LogP contribution >= 0.6 is 0 Å². The van der Waals surface area contributed by atoms with Crippen molar-refractivity contribution in [1.29, 1.82) is 5.26 Å². The second kappa shape index (κ2) is 6.85. The highest BCUT2D eigenvalue weighted by Crippen LogP contribution is 2.26. The van der Waals surface area contributed by atoms with E-state index in [1.807, 2.05) is 0 Å². The SMILES string of the molecule is N#CC(CCCC(F)(F)F)CC1CCCCO1. The Morgan fingerprint density at radius 3 is 2.65 bits per heavy atom. The van der Waals surface area contributed by atoms with E-state index in [0.717, 1.165) is 19.3 Å². The van der Waals surface area contributed by atoms with E-state index in [2.05, 4.69) is 6.07 Å². The molecule has 1 aliphatic rings. The lowest BCUT2D eigenvalue weighted by Crippen LogP contribution is -2.22. The molecule has 0 bridgehead atoms. The maximum Gasteiger partial charge on any atom is 0.389 e. The van der Waals surface area contributed by atoms with Gasteiger partial charge in [-0.3, -0.25) is 0 Å². The van der Waals surface area contributed by atoms with Gasteiger partial charge in [0.2, 0.25) is 0 Å². The van der Waals surface area contributed by atoms with Crippen LogP contribution in [0.5, 0.6) is 0 Å². The fourth-order valence-electron chi connectivity index (χ4n) is 2.09. The predicted molar refractivity (Wildman–Crippen MR) is 57.2 cm³/mol. The van der Waals surface area contributed by atoms with Crippen LogP contribution in [-0.2, 0) is 4.74 Å². The zero-order chi connectivity index (χ0) is 12.7. The van der Waals surface area contributed by atoms with Gasteiger partial charge in [0.15, 0.2) is 0 Å². The molecular formula is C12H18F3NO. The zero-order valence-electron chi connectivity index (χ0n) is 9.80. The first kappa shape index (κ1) is 14.3.